The molecule has 1 heterocycles. The van der Waals surface area contributed by atoms with Crippen LogP contribution in [-0.4, -0.2) is 24.5 Å². The van der Waals surface area contributed by atoms with E-state index in [1.165, 1.54) is 0 Å². The molecule has 7 nitrogen and oxygen atoms in total. The third kappa shape index (κ3) is 4.34. The van der Waals surface area contributed by atoms with E-state index in [-0.39, 0.29) is 21.8 Å². The number of anilines is 1. The standard InChI is InChI=1S/C14H18N4O3S2/c1-4-12(19)15-13-16-17-14(22-13)23(20,21)18-10(3)11-8-6-5-7-9(11)2/h5-8,10,18H,4H2,1-3H3,(H,15,16,19)/t10-/m0/s1. The molecule has 1 aromatic carbocycles. The molecular weight excluding hydrogens is 336 g/mol. The minimum absolute atomic E-state index is 0.167. The lowest BCUT2D eigenvalue weighted by Gasteiger charge is -2.15. The van der Waals surface area contributed by atoms with Crippen LogP contribution in [0.5, 0.6) is 0 Å². The fourth-order valence-corrected chi connectivity index (χ4v) is 4.15. The first-order valence-corrected chi connectivity index (χ1v) is 9.34. The van der Waals surface area contributed by atoms with Crippen molar-refractivity contribution in [2.45, 2.75) is 37.6 Å². The third-order valence-electron chi connectivity index (χ3n) is 3.19. The summed E-state index contributed by atoms with van der Waals surface area (Å²) < 4.78 is 27.2. The molecule has 0 aliphatic heterocycles. The molecule has 1 amide bonds. The number of carbonyl (C=O) groups excluding carboxylic acids is 1. The quantitative estimate of drug-likeness (QED) is 0.775. The van der Waals surface area contributed by atoms with Crippen LogP contribution in [0.15, 0.2) is 28.6 Å². The van der Waals surface area contributed by atoms with Crippen molar-refractivity contribution in [3.63, 3.8) is 0 Å². The average Bonchev–Trinajstić information content (AvgIpc) is 2.96. The Morgan fingerprint density at radius 3 is 2.65 bits per heavy atom. The summed E-state index contributed by atoms with van der Waals surface area (Å²) >= 11 is 0.820. The summed E-state index contributed by atoms with van der Waals surface area (Å²) in [5.74, 6) is -0.244. The number of amides is 1. The van der Waals surface area contributed by atoms with Crippen LogP contribution in [0.4, 0.5) is 5.13 Å². The van der Waals surface area contributed by atoms with E-state index in [0.29, 0.717) is 0 Å². The predicted molar refractivity (Wildman–Crippen MR) is 88.7 cm³/mol. The lowest BCUT2D eigenvalue weighted by Crippen LogP contribution is -2.27. The summed E-state index contributed by atoms with van der Waals surface area (Å²) in [4.78, 5) is 11.3. The number of hydrogen-bond donors (Lipinski definition) is 2. The number of sulfonamides is 1. The molecule has 2 aromatic rings. The second-order valence-corrected chi connectivity index (χ2v) is 7.84. The zero-order chi connectivity index (χ0) is 17.0. The summed E-state index contributed by atoms with van der Waals surface area (Å²) in [6.07, 6.45) is 0.282. The van der Waals surface area contributed by atoms with Crippen molar-refractivity contribution in [1.82, 2.24) is 14.9 Å². The summed E-state index contributed by atoms with van der Waals surface area (Å²) in [6.45, 7) is 5.38. The Balaban J connectivity index is 2.16. The number of rotatable bonds is 6. The predicted octanol–water partition coefficient (Wildman–Crippen LogP) is 2.23. The highest BCUT2D eigenvalue weighted by Gasteiger charge is 2.24. The molecule has 124 valence electrons. The van der Waals surface area contributed by atoms with Crippen molar-refractivity contribution in [3.05, 3.63) is 35.4 Å². The SMILES string of the molecule is CCC(=O)Nc1nnc(S(=O)(=O)N[C@@H](C)c2ccccc2C)s1. The van der Waals surface area contributed by atoms with Crippen LogP contribution >= 0.6 is 11.3 Å². The largest absolute Gasteiger partial charge is 0.301 e. The van der Waals surface area contributed by atoms with Crippen LogP contribution in [0.25, 0.3) is 0 Å². The molecule has 1 atom stereocenters. The van der Waals surface area contributed by atoms with Gasteiger partial charge in [0.2, 0.25) is 15.4 Å². The van der Waals surface area contributed by atoms with Gasteiger partial charge in [-0.05, 0) is 25.0 Å². The normalized spacial score (nSPS) is 12.8. The topological polar surface area (TPSA) is 101 Å². The monoisotopic (exact) mass is 354 g/mol. The van der Waals surface area contributed by atoms with Crippen molar-refractivity contribution in [3.8, 4) is 0 Å². The molecule has 0 unspecified atom stereocenters. The van der Waals surface area contributed by atoms with Crippen molar-refractivity contribution in [1.29, 1.82) is 0 Å². The second-order valence-electron chi connectivity index (χ2n) is 4.97. The third-order valence-corrected chi connectivity index (χ3v) is 5.94. The molecule has 2 N–H and O–H groups in total. The van der Waals surface area contributed by atoms with Gasteiger partial charge in [-0.3, -0.25) is 4.79 Å². The summed E-state index contributed by atoms with van der Waals surface area (Å²) in [5.41, 5.74) is 1.89. The van der Waals surface area contributed by atoms with E-state index < -0.39 is 16.1 Å². The summed E-state index contributed by atoms with van der Waals surface area (Å²) in [6, 6.07) is 7.14. The zero-order valence-corrected chi connectivity index (χ0v) is 14.7. The Morgan fingerprint density at radius 2 is 2.00 bits per heavy atom. The smallest absolute Gasteiger partial charge is 0.270 e. The number of benzene rings is 1. The maximum atomic E-state index is 12.4. The van der Waals surface area contributed by atoms with Gasteiger partial charge in [0.25, 0.3) is 10.0 Å². The maximum absolute atomic E-state index is 12.4. The van der Waals surface area contributed by atoms with E-state index in [0.717, 1.165) is 22.5 Å². The first-order valence-electron chi connectivity index (χ1n) is 7.04. The lowest BCUT2D eigenvalue weighted by atomic mass is 10.0. The van der Waals surface area contributed by atoms with E-state index in [2.05, 4.69) is 20.2 Å². The lowest BCUT2D eigenvalue weighted by molar-refractivity contribution is -0.115. The van der Waals surface area contributed by atoms with Gasteiger partial charge in [0.15, 0.2) is 0 Å². The molecule has 0 radical (unpaired) electrons. The Kier molecular flexibility index (Phi) is 5.45. The molecule has 0 saturated carbocycles. The van der Waals surface area contributed by atoms with Crippen LogP contribution in [0.3, 0.4) is 0 Å². The Bertz CT molecular complexity index is 802. The van der Waals surface area contributed by atoms with Crippen LogP contribution in [0, 0.1) is 6.92 Å². The summed E-state index contributed by atoms with van der Waals surface area (Å²) in [5, 5.41) is 9.99. The van der Waals surface area contributed by atoms with Crippen molar-refractivity contribution in [2.75, 3.05) is 5.32 Å². The van der Waals surface area contributed by atoms with Crippen molar-refractivity contribution >= 4 is 32.4 Å². The average molecular weight is 354 g/mol. The number of aromatic nitrogens is 2. The van der Waals surface area contributed by atoms with Gasteiger partial charge in [0.1, 0.15) is 0 Å². The number of hydrogen-bond acceptors (Lipinski definition) is 6. The van der Waals surface area contributed by atoms with E-state index in [1.54, 1.807) is 13.8 Å². The van der Waals surface area contributed by atoms with E-state index >= 15 is 0 Å². The molecule has 9 heteroatoms. The molecule has 2 rings (SSSR count). The van der Waals surface area contributed by atoms with Crippen LogP contribution in [0.2, 0.25) is 0 Å². The molecule has 0 saturated heterocycles. The molecule has 0 fully saturated rings. The van der Waals surface area contributed by atoms with Crippen LogP contribution in [0.1, 0.15) is 37.4 Å². The van der Waals surface area contributed by atoms with Gasteiger partial charge in [-0.2, -0.15) is 0 Å². The first kappa shape index (κ1) is 17.5. The minimum atomic E-state index is -3.80. The minimum Gasteiger partial charge on any atom is -0.301 e. The van der Waals surface area contributed by atoms with Gasteiger partial charge in [-0.25, -0.2) is 13.1 Å². The Morgan fingerprint density at radius 1 is 1.30 bits per heavy atom. The van der Waals surface area contributed by atoms with Crippen molar-refractivity contribution < 1.29 is 13.2 Å². The number of nitrogens with one attached hydrogen (secondary N) is 2. The first-order chi connectivity index (χ1) is 10.8. The van der Waals surface area contributed by atoms with Crippen LogP contribution < -0.4 is 10.0 Å². The van der Waals surface area contributed by atoms with Crippen LogP contribution in [-0.2, 0) is 14.8 Å². The molecule has 0 bridgehead atoms. The fourth-order valence-electron chi connectivity index (χ4n) is 2.00. The van der Waals surface area contributed by atoms with Gasteiger partial charge >= 0.3 is 0 Å². The van der Waals surface area contributed by atoms with E-state index in [1.807, 2.05) is 31.2 Å². The molecule has 0 spiro atoms. The molecule has 0 aliphatic carbocycles. The van der Waals surface area contributed by atoms with Gasteiger partial charge in [-0.1, -0.05) is 42.5 Å². The second kappa shape index (κ2) is 7.16. The summed E-state index contributed by atoms with van der Waals surface area (Å²) in [7, 11) is -3.80. The fraction of sp³-hybridized carbons (Fsp3) is 0.357. The van der Waals surface area contributed by atoms with E-state index in [4.69, 9.17) is 0 Å². The van der Waals surface area contributed by atoms with Gasteiger partial charge in [0.05, 0.1) is 0 Å². The molecule has 23 heavy (non-hydrogen) atoms. The van der Waals surface area contributed by atoms with E-state index in [9.17, 15) is 13.2 Å². The maximum Gasteiger partial charge on any atom is 0.270 e. The Labute approximate surface area is 139 Å². The van der Waals surface area contributed by atoms with Gasteiger partial charge in [-0.15, -0.1) is 10.2 Å². The number of carbonyl (C=O) groups is 1. The zero-order valence-electron chi connectivity index (χ0n) is 13.0. The number of nitrogens with zero attached hydrogens (tertiary/aromatic N) is 2. The van der Waals surface area contributed by atoms with Gasteiger partial charge < -0.3 is 5.32 Å². The molecule has 1 aromatic heterocycles. The number of aryl methyl sites for hydroxylation is 1. The highest BCUT2D eigenvalue weighted by atomic mass is 32.2. The molecule has 0 aliphatic rings. The van der Waals surface area contributed by atoms with Crippen molar-refractivity contribution in [2.24, 2.45) is 0 Å². The van der Waals surface area contributed by atoms with Gasteiger partial charge in [0, 0.05) is 12.5 Å². The highest BCUT2D eigenvalue weighted by Crippen LogP contribution is 2.23. The Hall–Kier alpha value is -1.84. The molecular formula is C14H18N4O3S2. The highest BCUT2D eigenvalue weighted by molar-refractivity contribution is 7.91.